The Morgan fingerprint density at radius 2 is 2.04 bits per heavy atom. The van der Waals surface area contributed by atoms with Gasteiger partial charge in [-0.1, -0.05) is 0 Å². The molecule has 3 heterocycles. The molecule has 0 radical (unpaired) electrons. The van der Waals surface area contributed by atoms with Crippen molar-refractivity contribution >= 4 is 21.7 Å². The van der Waals surface area contributed by atoms with Gasteiger partial charge in [0.2, 0.25) is 5.91 Å². The number of imidazole rings is 1. The van der Waals surface area contributed by atoms with Crippen molar-refractivity contribution in [1.29, 1.82) is 0 Å². The van der Waals surface area contributed by atoms with E-state index in [-0.39, 0.29) is 42.7 Å². The van der Waals surface area contributed by atoms with Crippen LogP contribution in [-0.4, -0.2) is 57.8 Å². The molecule has 8 nitrogen and oxygen atoms in total. The van der Waals surface area contributed by atoms with E-state index in [0.29, 0.717) is 18.5 Å². The molecule has 1 saturated heterocycles. The lowest BCUT2D eigenvalue weighted by Crippen LogP contribution is -2.49. The second kappa shape index (κ2) is 5.95. The maximum absolute atomic E-state index is 12.6. The summed E-state index contributed by atoms with van der Waals surface area (Å²) in [4.78, 5) is 32.4. The summed E-state index contributed by atoms with van der Waals surface area (Å²) in [5, 5.41) is 9.38. The monoisotopic (exact) mass is 341 g/mol. The zero-order chi connectivity index (χ0) is 16.6. The largest absolute Gasteiger partial charge is 0.480 e. The first-order valence-corrected chi connectivity index (χ1v) is 9.41. The van der Waals surface area contributed by atoms with Gasteiger partial charge in [0.05, 0.1) is 35.8 Å². The number of aromatic nitrogens is 2. The molecule has 1 atom stereocenters. The third-order valence-electron chi connectivity index (χ3n) is 4.64. The molecular formula is C14H19N3O5S. The minimum Gasteiger partial charge on any atom is -0.480 e. The lowest BCUT2D eigenvalue weighted by atomic mass is 9.96. The topological polar surface area (TPSA) is 120 Å². The molecule has 0 aromatic carbocycles. The number of rotatable bonds is 3. The number of carboxylic acids is 1. The van der Waals surface area contributed by atoms with Crippen LogP contribution in [0.1, 0.15) is 30.7 Å². The van der Waals surface area contributed by atoms with Crippen LogP contribution in [0.3, 0.4) is 0 Å². The number of nitrogens with one attached hydrogen (secondary N) is 1. The number of fused-ring (bicyclic) bond motifs is 1. The number of carboxylic acid groups (broad SMARTS) is 1. The Balaban J connectivity index is 1.69. The van der Waals surface area contributed by atoms with Gasteiger partial charge in [-0.3, -0.25) is 4.79 Å². The predicted molar refractivity (Wildman–Crippen MR) is 80.3 cm³/mol. The molecule has 2 aliphatic rings. The molecule has 0 spiro atoms. The van der Waals surface area contributed by atoms with Crippen LogP contribution in [0.5, 0.6) is 0 Å². The van der Waals surface area contributed by atoms with Gasteiger partial charge in [0, 0.05) is 12.8 Å². The first-order valence-electron chi connectivity index (χ1n) is 7.59. The molecule has 1 amide bonds. The van der Waals surface area contributed by atoms with Crippen LogP contribution >= 0.6 is 0 Å². The fourth-order valence-electron chi connectivity index (χ4n) is 3.23. The maximum atomic E-state index is 12.6. The first-order chi connectivity index (χ1) is 10.9. The van der Waals surface area contributed by atoms with Crippen molar-refractivity contribution in [2.24, 2.45) is 5.92 Å². The van der Waals surface area contributed by atoms with Crippen LogP contribution in [0.4, 0.5) is 0 Å². The molecule has 1 fully saturated rings. The van der Waals surface area contributed by atoms with E-state index in [1.54, 1.807) is 0 Å². The number of aromatic amines is 1. The van der Waals surface area contributed by atoms with E-state index in [0.717, 1.165) is 5.69 Å². The average Bonchev–Trinajstić information content (AvgIpc) is 2.95. The molecule has 9 heteroatoms. The summed E-state index contributed by atoms with van der Waals surface area (Å²) in [6.07, 6.45) is 2.83. The number of carbonyl (C=O) groups is 2. The van der Waals surface area contributed by atoms with Crippen molar-refractivity contribution in [1.82, 2.24) is 14.9 Å². The van der Waals surface area contributed by atoms with Crippen molar-refractivity contribution in [3.8, 4) is 0 Å². The summed E-state index contributed by atoms with van der Waals surface area (Å²) >= 11 is 0. The van der Waals surface area contributed by atoms with Crippen molar-refractivity contribution in [3.63, 3.8) is 0 Å². The van der Waals surface area contributed by atoms with E-state index >= 15 is 0 Å². The highest BCUT2D eigenvalue weighted by Gasteiger charge is 2.37. The standard InChI is InChI=1S/C14H19N3O5S/c18-13(5-9-1-3-23(21,22)4-2-9)17-7-11-10(15-8-16-11)6-12(17)14(19)20/h8-9,12H,1-7H2,(H,15,16)(H,19,20)/t12-/m1/s1. The molecule has 2 N–H and O–H groups in total. The summed E-state index contributed by atoms with van der Waals surface area (Å²) in [6, 6.07) is -0.911. The summed E-state index contributed by atoms with van der Waals surface area (Å²) in [6.45, 7) is 0.205. The smallest absolute Gasteiger partial charge is 0.326 e. The van der Waals surface area contributed by atoms with Crippen LogP contribution in [0, 0.1) is 5.92 Å². The number of hydrogen-bond donors (Lipinski definition) is 2. The molecule has 0 aliphatic carbocycles. The lowest BCUT2D eigenvalue weighted by Gasteiger charge is -2.33. The van der Waals surface area contributed by atoms with Crippen LogP contribution < -0.4 is 0 Å². The predicted octanol–water partition coefficient (Wildman–Crippen LogP) is -0.0375. The molecule has 0 unspecified atom stereocenters. The van der Waals surface area contributed by atoms with Crippen LogP contribution in [0.25, 0.3) is 0 Å². The van der Waals surface area contributed by atoms with E-state index in [1.807, 2.05) is 0 Å². The van der Waals surface area contributed by atoms with Gasteiger partial charge in [-0.05, 0) is 18.8 Å². The SMILES string of the molecule is O=C(O)[C@H]1Cc2nc[nH]c2CN1C(=O)CC1CCS(=O)(=O)CC1. The van der Waals surface area contributed by atoms with Crippen LogP contribution in [-0.2, 0) is 32.4 Å². The normalized spacial score (nSPS) is 24.2. The molecule has 126 valence electrons. The van der Waals surface area contributed by atoms with Gasteiger partial charge in [-0.25, -0.2) is 18.2 Å². The molecular weight excluding hydrogens is 322 g/mol. The van der Waals surface area contributed by atoms with E-state index in [4.69, 9.17) is 0 Å². The van der Waals surface area contributed by atoms with Gasteiger partial charge in [-0.15, -0.1) is 0 Å². The maximum Gasteiger partial charge on any atom is 0.326 e. The highest BCUT2D eigenvalue weighted by molar-refractivity contribution is 7.91. The zero-order valence-corrected chi connectivity index (χ0v) is 13.4. The van der Waals surface area contributed by atoms with Crippen molar-refractivity contribution in [2.75, 3.05) is 11.5 Å². The molecule has 23 heavy (non-hydrogen) atoms. The van der Waals surface area contributed by atoms with E-state index in [1.165, 1.54) is 11.2 Å². The fourth-order valence-corrected chi connectivity index (χ4v) is 4.81. The third kappa shape index (κ3) is 3.39. The number of hydrogen-bond acceptors (Lipinski definition) is 5. The molecule has 1 aromatic heterocycles. The number of carbonyl (C=O) groups excluding carboxylic acids is 1. The highest BCUT2D eigenvalue weighted by atomic mass is 32.2. The number of amides is 1. The van der Waals surface area contributed by atoms with Gasteiger partial charge in [0.15, 0.2) is 0 Å². The van der Waals surface area contributed by atoms with Crippen molar-refractivity contribution in [2.45, 2.75) is 38.3 Å². The molecule has 3 rings (SSSR count). The summed E-state index contributed by atoms with van der Waals surface area (Å²) in [7, 11) is -2.97. The lowest BCUT2D eigenvalue weighted by molar-refractivity contribution is -0.152. The molecule has 0 saturated carbocycles. The third-order valence-corrected chi connectivity index (χ3v) is 6.36. The van der Waals surface area contributed by atoms with Gasteiger partial charge in [0.1, 0.15) is 15.9 Å². The van der Waals surface area contributed by atoms with Crippen molar-refractivity contribution < 1.29 is 23.1 Å². The Bertz CT molecular complexity index is 713. The minimum atomic E-state index is -2.97. The van der Waals surface area contributed by atoms with Gasteiger partial charge >= 0.3 is 5.97 Å². The van der Waals surface area contributed by atoms with E-state index < -0.39 is 21.8 Å². The van der Waals surface area contributed by atoms with Gasteiger partial charge in [0.25, 0.3) is 0 Å². The number of nitrogens with zero attached hydrogens (tertiary/aromatic N) is 2. The summed E-state index contributed by atoms with van der Waals surface area (Å²) < 4.78 is 22.9. The number of aliphatic carboxylic acids is 1. The Morgan fingerprint density at radius 1 is 1.35 bits per heavy atom. The Hall–Kier alpha value is -1.90. The highest BCUT2D eigenvalue weighted by Crippen LogP contribution is 2.26. The summed E-state index contributed by atoms with van der Waals surface area (Å²) in [5.41, 5.74) is 1.45. The van der Waals surface area contributed by atoms with Crippen molar-refractivity contribution in [3.05, 3.63) is 17.7 Å². The average molecular weight is 341 g/mol. The van der Waals surface area contributed by atoms with Crippen LogP contribution in [0.15, 0.2) is 6.33 Å². The molecule has 1 aromatic rings. The Kier molecular flexibility index (Phi) is 4.13. The zero-order valence-electron chi connectivity index (χ0n) is 12.6. The second-order valence-electron chi connectivity index (χ2n) is 6.21. The van der Waals surface area contributed by atoms with E-state index in [2.05, 4.69) is 9.97 Å². The van der Waals surface area contributed by atoms with E-state index in [9.17, 15) is 23.1 Å². The van der Waals surface area contributed by atoms with Gasteiger partial charge < -0.3 is 15.0 Å². The minimum absolute atomic E-state index is 0.00336. The fraction of sp³-hybridized carbons (Fsp3) is 0.643. The number of sulfone groups is 1. The Labute approximate surface area is 133 Å². The summed E-state index contributed by atoms with van der Waals surface area (Å²) in [5.74, 6) is -1.06. The number of H-pyrrole nitrogens is 1. The quantitative estimate of drug-likeness (QED) is 0.796. The second-order valence-corrected chi connectivity index (χ2v) is 8.51. The molecule has 0 bridgehead atoms. The first kappa shape index (κ1) is 16.0. The Morgan fingerprint density at radius 3 is 2.70 bits per heavy atom. The molecule has 2 aliphatic heterocycles. The van der Waals surface area contributed by atoms with Crippen LogP contribution in [0.2, 0.25) is 0 Å². The van der Waals surface area contributed by atoms with Gasteiger partial charge in [-0.2, -0.15) is 0 Å².